The number of nitrogens with zero attached hydrogens (tertiary/aromatic N) is 2. The number of methoxy groups -OCH3 is 1. The van der Waals surface area contributed by atoms with E-state index in [1.165, 1.54) is 11.1 Å². The van der Waals surface area contributed by atoms with Crippen LogP contribution in [0.25, 0.3) is 0 Å². The highest BCUT2D eigenvalue weighted by Gasteiger charge is 2.58. The van der Waals surface area contributed by atoms with Gasteiger partial charge in [-0.1, -0.05) is 12.1 Å². The van der Waals surface area contributed by atoms with E-state index in [4.69, 9.17) is 4.74 Å². The maximum atomic E-state index is 12.4. The van der Waals surface area contributed by atoms with Crippen LogP contribution >= 0.6 is 0 Å². The summed E-state index contributed by atoms with van der Waals surface area (Å²) < 4.78 is 5.29. The van der Waals surface area contributed by atoms with Gasteiger partial charge in [0.2, 0.25) is 5.91 Å². The Bertz CT molecular complexity index is 753. The lowest BCUT2D eigenvalue weighted by atomic mass is 10.1. The van der Waals surface area contributed by atoms with Gasteiger partial charge in [-0.25, -0.2) is 0 Å². The van der Waals surface area contributed by atoms with Crippen molar-refractivity contribution in [1.82, 2.24) is 15.2 Å². The lowest BCUT2D eigenvalue weighted by Gasteiger charge is -2.19. The molecule has 1 saturated heterocycles. The number of rotatable bonds is 7. The van der Waals surface area contributed by atoms with Crippen molar-refractivity contribution in [2.24, 2.45) is 17.8 Å². The largest absolute Gasteiger partial charge is 0.497 e. The Labute approximate surface area is 154 Å². The highest BCUT2D eigenvalue weighted by Crippen LogP contribution is 2.52. The first kappa shape index (κ1) is 17.0. The van der Waals surface area contributed by atoms with Crippen molar-refractivity contribution in [2.75, 3.05) is 26.7 Å². The van der Waals surface area contributed by atoms with Crippen molar-refractivity contribution in [3.63, 3.8) is 0 Å². The third kappa shape index (κ3) is 3.73. The molecule has 1 saturated carbocycles. The van der Waals surface area contributed by atoms with Crippen LogP contribution in [0.5, 0.6) is 5.75 Å². The Morgan fingerprint density at radius 2 is 1.96 bits per heavy atom. The van der Waals surface area contributed by atoms with Gasteiger partial charge in [0, 0.05) is 44.5 Å². The number of hydrogen-bond acceptors (Lipinski definition) is 4. The van der Waals surface area contributed by atoms with Crippen molar-refractivity contribution < 1.29 is 9.53 Å². The van der Waals surface area contributed by atoms with E-state index in [-0.39, 0.29) is 11.8 Å². The fourth-order valence-corrected chi connectivity index (χ4v) is 4.16. The van der Waals surface area contributed by atoms with E-state index in [0.717, 1.165) is 31.8 Å². The molecule has 136 valence electrons. The molecule has 2 aromatic rings. The van der Waals surface area contributed by atoms with E-state index in [0.29, 0.717) is 18.4 Å². The third-order valence-electron chi connectivity index (χ3n) is 5.57. The fraction of sp³-hybridized carbons (Fsp3) is 0.429. The number of piperidine rings is 1. The number of carbonyl (C=O) groups is 1. The summed E-state index contributed by atoms with van der Waals surface area (Å²) in [5.41, 5.74) is 2.48. The minimum Gasteiger partial charge on any atom is -0.497 e. The summed E-state index contributed by atoms with van der Waals surface area (Å²) in [4.78, 5) is 18.9. The summed E-state index contributed by atoms with van der Waals surface area (Å²) in [6, 6.07) is 12.2. The van der Waals surface area contributed by atoms with Crippen molar-refractivity contribution in [3.8, 4) is 5.75 Å². The van der Waals surface area contributed by atoms with Crippen LogP contribution in [0.2, 0.25) is 0 Å². The highest BCUT2D eigenvalue weighted by atomic mass is 16.5. The fourth-order valence-electron chi connectivity index (χ4n) is 4.16. The van der Waals surface area contributed by atoms with Crippen molar-refractivity contribution in [2.45, 2.75) is 13.0 Å². The standard InChI is InChI=1S/C21H25N3O2/c1-26-17-4-2-3-16(11-17)12-24-13-18-19(14-24)20(18)21(25)23-10-7-15-5-8-22-9-6-15/h2-6,8-9,11,18-20H,7,10,12-14H2,1H3,(H,23,25)/t18-,19+,20?. The molecule has 1 aromatic heterocycles. The molecule has 1 amide bonds. The van der Waals surface area contributed by atoms with Crippen LogP contribution in [0.3, 0.4) is 0 Å². The van der Waals surface area contributed by atoms with Gasteiger partial charge in [0.15, 0.2) is 0 Å². The van der Waals surface area contributed by atoms with Gasteiger partial charge in [0.25, 0.3) is 0 Å². The number of hydrogen-bond donors (Lipinski definition) is 1. The van der Waals surface area contributed by atoms with Gasteiger partial charge in [-0.3, -0.25) is 14.7 Å². The number of fused-ring (bicyclic) bond motifs is 1. The molecule has 0 spiro atoms. The summed E-state index contributed by atoms with van der Waals surface area (Å²) >= 11 is 0. The van der Waals surface area contributed by atoms with Crippen molar-refractivity contribution in [3.05, 3.63) is 59.9 Å². The van der Waals surface area contributed by atoms with Gasteiger partial charge in [-0.2, -0.15) is 0 Å². The van der Waals surface area contributed by atoms with E-state index in [1.807, 2.05) is 24.3 Å². The quantitative estimate of drug-likeness (QED) is 0.830. The molecule has 5 heteroatoms. The summed E-state index contributed by atoms with van der Waals surface area (Å²) in [7, 11) is 1.70. The second kappa shape index (κ2) is 7.46. The summed E-state index contributed by atoms with van der Waals surface area (Å²) in [6.07, 6.45) is 4.44. The predicted molar refractivity (Wildman–Crippen MR) is 99.7 cm³/mol. The molecule has 1 aliphatic heterocycles. The molecule has 5 nitrogen and oxygen atoms in total. The SMILES string of the molecule is COc1cccc(CN2C[C@@H]3C(C(=O)NCCc4ccncc4)[C@@H]3C2)c1. The average Bonchev–Trinajstić information content (AvgIpc) is 3.18. The molecule has 4 rings (SSSR count). The van der Waals surface area contributed by atoms with E-state index in [1.54, 1.807) is 19.5 Å². The van der Waals surface area contributed by atoms with Crippen LogP contribution < -0.4 is 10.1 Å². The summed E-state index contributed by atoms with van der Waals surface area (Å²) in [5.74, 6) is 2.41. The summed E-state index contributed by atoms with van der Waals surface area (Å²) in [6.45, 7) is 3.67. The number of carbonyl (C=O) groups excluding carboxylic acids is 1. The molecule has 2 heterocycles. The molecule has 1 aromatic carbocycles. The molecule has 1 N–H and O–H groups in total. The Morgan fingerprint density at radius 3 is 2.69 bits per heavy atom. The normalized spacial score (nSPS) is 24.1. The average molecular weight is 351 g/mol. The first-order chi connectivity index (χ1) is 12.7. The Balaban J connectivity index is 1.21. The molecule has 1 unspecified atom stereocenters. The smallest absolute Gasteiger partial charge is 0.223 e. The second-order valence-electron chi connectivity index (χ2n) is 7.30. The van der Waals surface area contributed by atoms with Crippen LogP contribution in [-0.4, -0.2) is 42.5 Å². The zero-order valence-corrected chi connectivity index (χ0v) is 15.1. The molecule has 3 atom stereocenters. The number of likely N-dealkylation sites (tertiary alicyclic amines) is 1. The van der Waals surface area contributed by atoms with Crippen LogP contribution in [0.15, 0.2) is 48.8 Å². The summed E-state index contributed by atoms with van der Waals surface area (Å²) in [5, 5.41) is 3.11. The Hall–Kier alpha value is -2.40. The number of amides is 1. The van der Waals surface area contributed by atoms with Crippen LogP contribution in [-0.2, 0) is 17.8 Å². The first-order valence-electron chi connectivity index (χ1n) is 9.26. The van der Waals surface area contributed by atoms with Crippen molar-refractivity contribution in [1.29, 1.82) is 0 Å². The number of benzene rings is 1. The van der Waals surface area contributed by atoms with Gasteiger partial charge in [-0.15, -0.1) is 0 Å². The molecule has 1 aliphatic carbocycles. The van der Waals surface area contributed by atoms with E-state index >= 15 is 0 Å². The number of aromatic nitrogens is 1. The van der Waals surface area contributed by atoms with E-state index in [9.17, 15) is 4.79 Å². The molecule has 0 bridgehead atoms. The van der Waals surface area contributed by atoms with E-state index in [2.05, 4.69) is 27.3 Å². The number of nitrogens with one attached hydrogen (secondary N) is 1. The van der Waals surface area contributed by atoms with Crippen LogP contribution in [0.4, 0.5) is 0 Å². The zero-order valence-electron chi connectivity index (χ0n) is 15.1. The van der Waals surface area contributed by atoms with Crippen molar-refractivity contribution >= 4 is 5.91 Å². The molecule has 26 heavy (non-hydrogen) atoms. The monoisotopic (exact) mass is 351 g/mol. The topological polar surface area (TPSA) is 54.5 Å². The minimum absolute atomic E-state index is 0.217. The van der Waals surface area contributed by atoms with Gasteiger partial charge < -0.3 is 10.1 Å². The molecule has 2 fully saturated rings. The molecule has 0 radical (unpaired) electrons. The predicted octanol–water partition coefficient (Wildman–Crippen LogP) is 2.13. The molecule has 2 aliphatic rings. The zero-order chi connectivity index (χ0) is 17.9. The van der Waals surface area contributed by atoms with Crippen LogP contribution in [0, 0.1) is 17.8 Å². The minimum atomic E-state index is 0.217. The van der Waals surface area contributed by atoms with Gasteiger partial charge in [-0.05, 0) is 53.6 Å². The number of pyridine rings is 1. The van der Waals surface area contributed by atoms with Gasteiger partial charge in [0.1, 0.15) is 5.75 Å². The maximum absolute atomic E-state index is 12.4. The van der Waals surface area contributed by atoms with E-state index < -0.39 is 0 Å². The number of ether oxygens (including phenoxy) is 1. The highest BCUT2D eigenvalue weighted by molar-refractivity contribution is 5.82. The lowest BCUT2D eigenvalue weighted by molar-refractivity contribution is -0.123. The third-order valence-corrected chi connectivity index (χ3v) is 5.57. The van der Waals surface area contributed by atoms with Gasteiger partial charge in [0.05, 0.1) is 7.11 Å². The molecular formula is C21H25N3O2. The van der Waals surface area contributed by atoms with Gasteiger partial charge >= 0.3 is 0 Å². The molecular weight excluding hydrogens is 326 g/mol. The van der Waals surface area contributed by atoms with Crippen LogP contribution in [0.1, 0.15) is 11.1 Å². The Kier molecular flexibility index (Phi) is 4.89. The lowest BCUT2D eigenvalue weighted by Crippen LogP contribution is -2.32. The first-order valence-corrected chi connectivity index (χ1v) is 9.26. The maximum Gasteiger partial charge on any atom is 0.223 e. The second-order valence-corrected chi connectivity index (χ2v) is 7.30. The Morgan fingerprint density at radius 1 is 1.19 bits per heavy atom.